The molecular formula is C21H32N2. The largest absolute Gasteiger partial charge is 0.327 e. The van der Waals surface area contributed by atoms with Crippen LogP contribution in [-0.4, -0.2) is 12.3 Å². The molecule has 2 nitrogen and oxygen atoms in total. The van der Waals surface area contributed by atoms with E-state index in [2.05, 4.69) is 43.1 Å². The fraction of sp³-hybridized carbons (Fsp3) is 0.571. The quantitative estimate of drug-likeness (QED) is 0.688. The lowest BCUT2D eigenvalue weighted by atomic mass is 9.79. The zero-order valence-electron chi connectivity index (χ0n) is 15.0. The standard InChI is InChI=1S/C21H32N2/c1-4-23-15-17(3)20-13-9-8-12-19(20)16(2)14-21(22)18-10-6-5-7-11-18/h4,8-9,12-13,15-16,18,21H,5-7,10-11,14,22H2,1-3H3/b17-15+,23-4-. The molecule has 0 saturated heterocycles. The van der Waals surface area contributed by atoms with Gasteiger partial charge in [-0.05, 0) is 61.6 Å². The Morgan fingerprint density at radius 1 is 1.26 bits per heavy atom. The summed E-state index contributed by atoms with van der Waals surface area (Å²) in [6, 6.07) is 9.03. The van der Waals surface area contributed by atoms with Crippen LogP contribution < -0.4 is 5.73 Å². The minimum Gasteiger partial charge on any atom is -0.327 e. The number of rotatable bonds is 6. The predicted octanol–water partition coefficient (Wildman–Crippen LogP) is 5.54. The van der Waals surface area contributed by atoms with Gasteiger partial charge in [0.15, 0.2) is 0 Å². The molecule has 0 aromatic heterocycles. The van der Waals surface area contributed by atoms with Crippen LogP contribution in [0.1, 0.15) is 76.3 Å². The van der Waals surface area contributed by atoms with Gasteiger partial charge in [0.2, 0.25) is 0 Å². The third-order valence-corrected chi connectivity index (χ3v) is 5.21. The zero-order valence-corrected chi connectivity index (χ0v) is 15.0. The molecule has 2 unspecified atom stereocenters. The van der Waals surface area contributed by atoms with Crippen molar-refractivity contribution in [3.05, 3.63) is 41.6 Å². The highest BCUT2D eigenvalue weighted by atomic mass is 14.7. The summed E-state index contributed by atoms with van der Waals surface area (Å²) in [5.74, 6) is 1.21. The summed E-state index contributed by atoms with van der Waals surface area (Å²) >= 11 is 0. The molecule has 1 aromatic rings. The topological polar surface area (TPSA) is 38.4 Å². The van der Waals surface area contributed by atoms with Gasteiger partial charge in [-0.15, -0.1) is 0 Å². The summed E-state index contributed by atoms with van der Waals surface area (Å²) < 4.78 is 0. The summed E-state index contributed by atoms with van der Waals surface area (Å²) in [5.41, 5.74) is 10.5. The third-order valence-electron chi connectivity index (χ3n) is 5.21. The molecule has 0 spiro atoms. The van der Waals surface area contributed by atoms with Crippen molar-refractivity contribution in [2.45, 2.75) is 71.3 Å². The van der Waals surface area contributed by atoms with Crippen molar-refractivity contribution in [1.82, 2.24) is 0 Å². The van der Waals surface area contributed by atoms with Gasteiger partial charge in [0.25, 0.3) is 0 Å². The van der Waals surface area contributed by atoms with Crippen molar-refractivity contribution in [2.75, 3.05) is 0 Å². The summed E-state index contributed by atoms with van der Waals surface area (Å²) in [4.78, 5) is 4.27. The molecule has 1 aliphatic carbocycles. The Labute approximate surface area is 141 Å². The molecule has 0 aliphatic heterocycles. The van der Waals surface area contributed by atoms with Crippen LogP contribution in [0.15, 0.2) is 35.5 Å². The van der Waals surface area contributed by atoms with E-state index in [1.165, 1.54) is 48.8 Å². The van der Waals surface area contributed by atoms with E-state index < -0.39 is 0 Å². The lowest BCUT2D eigenvalue weighted by Gasteiger charge is -2.30. The number of hydrogen-bond donors (Lipinski definition) is 1. The number of benzene rings is 1. The van der Waals surface area contributed by atoms with Crippen molar-refractivity contribution in [1.29, 1.82) is 0 Å². The molecule has 23 heavy (non-hydrogen) atoms. The maximum Gasteiger partial charge on any atom is 0.0299 e. The molecule has 1 aliphatic rings. The molecule has 0 radical (unpaired) electrons. The number of hydrogen-bond acceptors (Lipinski definition) is 2. The monoisotopic (exact) mass is 312 g/mol. The molecule has 1 aromatic carbocycles. The maximum atomic E-state index is 6.55. The van der Waals surface area contributed by atoms with Crippen LogP contribution in [0.5, 0.6) is 0 Å². The van der Waals surface area contributed by atoms with E-state index in [1.54, 1.807) is 0 Å². The molecule has 1 fully saturated rings. The van der Waals surface area contributed by atoms with E-state index in [-0.39, 0.29) is 0 Å². The van der Waals surface area contributed by atoms with E-state index in [0.29, 0.717) is 12.0 Å². The molecule has 2 heteroatoms. The normalized spacial score (nSPS) is 19.9. The zero-order chi connectivity index (χ0) is 16.7. The molecule has 1 saturated carbocycles. The van der Waals surface area contributed by atoms with E-state index in [9.17, 15) is 0 Å². The van der Waals surface area contributed by atoms with Crippen LogP contribution in [0.3, 0.4) is 0 Å². The minimum absolute atomic E-state index is 0.330. The minimum atomic E-state index is 0.330. The van der Waals surface area contributed by atoms with Crippen LogP contribution in [0, 0.1) is 5.92 Å². The number of allylic oxidation sites excluding steroid dienone is 1. The molecule has 2 atom stereocenters. The maximum absolute atomic E-state index is 6.55. The van der Waals surface area contributed by atoms with Crippen molar-refractivity contribution < 1.29 is 0 Å². The molecule has 0 heterocycles. The van der Waals surface area contributed by atoms with Gasteiger partial charge in [0, 0.05) is 18.5 Å². The predicted molar refractivity (Wildman–Crippen MR) is 102 cm³/mol. The van der Waals surface area contributed by atoms with Crippen molar-refractivity contribution in [3.8, 4) is 0 Å². The number of nitrogens with zero attached hydrogens (tertiary/aromatic N) is 1. The summed E-state index contributed by atoms with van der Waals surface area (Å²) in [6.45, 7) is 6.40. The van der Waals surface area contributed by atoms with Crippen LogP contribution in [0.2, 0.25) is 0 Å². The lowest BCUT2D eigenvalue weighted by molar-refractivity contribution is 0.287. The van der Waals surface area contributed by atoms with Gasteiger partial charge in [0.1, 0.15) is 0 Å². The second-order valence-electron chi connectivity index (χ2n) is 7.01. The van der Waals surface area contributed by atoms with Crippen LogP contribution in [-0.2, 0) is 0 Å². The smallest absolute Gasteiger partial charge is 0.0299 e. The molecular weight excluding hydrogens is 280 g/mol. The summed E-state index contributed by atoms with van der Waals surface area (Å²) in [6.07, 6.45) is 11.6. The Balaban J connectivity index is 2.11. The first-order valence-electron chi connectivity index (χ1n) is 9.13. The van der Waals surface area contributed by atoms with Crippen molar-refractivity contribution >= 4 is 11.8 Å². The van der Waals surface area contributed by atoms with E-state index in [0.717, 1.165) is 12.3 Å². The Hall–Kier alpha value is -1.41. The molecule has 0 bridgehead atoms. The van der Waals surface area contributed by atoms with Crippen LogP contribution >= 0.6 is 0 Å². The first-order valence-corrected chi connectivity index (χ1v) is 9.13. The summed E-state index contributed by atoms with van der Waals surface area (Å²) in [5, 5.41) is 0. The number of aliphatic imine (C=N–C) groups is 1. The van der Waals surface area contributed by atoms with Gasteiger partial charge >= 0.3 is 0 Å². The second-order valence-corrected chi connectivity index (χ2v) is 7.01. The van der Waals surface area contributed by atoms with Gasteiger partial charge in [-0.2, -0.15) is 0 Å². The van der Waals surface area contributed by atoms with Gasteiger partial charge in [-0.1, -0.05) is 50.5 Å². The lowest BCUT2D eigenvalue weighted by Crippen LogP contribution is -2.32. The fourth-order valence-corrected chi connectivity index (χ4v) is 3.83. The highest BCUT2D eigenvalue weighted by Crippen LogP contribution is 2.33. The Morgan fingerprint density at radius 3 is 2.65 bits per heavy atom. The van der Waals surface area contributed by atoms with Gasteiger partial charge < -0.3 is 5.73 Å². The van der Waals surface area contributed by atoms with Gasteiger partial charge in [0.05, 0.1) is 0 Å². The molecule has 126 valence electrons. The SMILES string of the molecule is C/C=N\C=C(/C)c1ccccc1C(C)CC(N)C1CCCCC1. The molecule has 2 rings (SSSR count). The van der Waals surface area contributed by atoms with Crippen molar-refractivity contribution in [3.63, 3.8) is 0 Å². The average Bonchev–Trinajstić information content (AvgIpc) is 2.60. The molecule has 0 amide bonds. The highest BCUT2D eigenvalue weighted by Gasteiger charge is 2.23. The average molecular weight is 313 g/mol. The van der Waals surface area contributed by atoms with Crippen LogP contribution in [0.4, 0.5) is 0 Å². The fourth-order valence-electron chi connectivity index (χ4n) is 3.83. The Morgan fingerprint density at radius 2 is 1.96 bits per heavy atom. The van der Waals surface area contributed by atoms with E-state index in [4.69, 9.17) is 5.73 Å². The van der Waals surface area contributed by atoms with Gasteiger partial charge in [-0.25, -0.2) is 0 Å². The Bertz CT molecular complexity index is 539. The second kappa shape index (κ2) is 9.02. The van der Waals surface area contributed by atoms with E-state index >= 15 is 0 Å². The third kappa shape index (κ3) is 5.04. The highest BCUT2D eigenvalue weighted by molar-refractivity contribution is 5.68. The van der Waals surface area contributed by atoms with Crippen LogP contribution in [0.25, 0.3) is 5.57 Å². The van der Waals surface area contributed by atoms with Gasteiger partial charge in [-0.3, -0.25) is 4.99 Å². The number of nitrogens with two attached hydrogens (primary N) is 1. The Kier molecular flexibility index (Phi) is 7.04. The first kappa shape index (κ1) is 17.9. The van der Waals surface area contributed by atoms with Crippen molar-refractivity contribution in [2.24, 2.45) is 16.6 Å². The molecule has 2 N–H and O–H groups in total. The summed E-state index contributed by atoms with van der Waals surface area (Å²) in [7, 11) is 0. The van der Waals surface area contributed by atoms with E-state index in [1.807, 2.05) is 19.3 Å². The first-order chi connectivity index (χ1) is 11.1.